The average molecular weight is 416 g/mol. The second kappa shape index (κ2) is 7.61. The highest BCUT2D eigenvalue weighted by molar-refractivity contribution is 14.1. The van der Waals surface area contributed by atoms with Crippen LogP contribution in [0.1, 0.15) is 23.7 Å². The number of anilines is 2. The van der Waals surface area contributed by atoms with Gasteiger partial charge in [-0.05, 0) is 59.3 Å². The van der Waals surface area contributed by atoms with Crippen molar-refractivity contribution < 1.29 is 4.79 Å². The zero-order valence-electron chi connectivity index (χ0n) is 11.5. The van der Waals surface area contributed by atoms with Crippen molar-refractivity contribution in [2.45, 2.75) is 13.3 Å². The molecule has 1 heterocycles. The van der Waals surface area contributed by atoms with Crippen molar-refractivity contribution in [3.05, 3.63) is 50.7 Å². The number of halogens is 2. The number of benzene rings is 1. The molecule has 0 fully saturated rings. The van der Waals surface area contributed by atoms with Crippen LogP contribution in [0.25, 0.3) is 0 Å². The third kappa shape index (κ3) is 4.31. The molecular weight excluding hydrogens is 401 g/mol. The van der Waals surface area contributed by atoms with E-state index in [1.54, 1.807) is 30.5 Å². The van der Waals surface area contributed by atoms with E-state index < -0.39 is 0 Å². The van der Waals surface area contributed by atoms with Crippen molar-refractivity contribution in [2.75, 3.05) is 17.2 Å². The lowest BCUT2D eigenvalue weighted by Gasteiger charge is -2.11. The number of hydrogen-bond acceptors (Lipinski definition) is 3. The van der Waals surface area contributed by atoms with Crippen molar-refractivity contribution in [3.8, 4) is 0 Å². The predicted molar refractivity (Wildman–Crippen MR) is 95.1 cm³/mol. The highest BCUT2D eigenvalue weighted by atomic mass is 127. The van der Waals surface area contributed by atoms with Crippen molar-refractivity contribution in [1.82, 2.24) is 4.98 Å². The average Bonchev–Trinajstić information content (AvgIpc) is 2.48. The Hall–Kier alpha value is -1.34. The summed E-state index contributed by atoms with van der Waals surface area (Å²) in [6, 6.07) is 8.96. The standard InChI is InChI=1S/C15H15ClIN3O/c1-2-7-18-14-11(4-3-8-19-14)15(21)20-13-6-5-10(17)9-12(13)16/h3-6,8-9H,2,7H2,1H3,(H,18,19)(H,20,21). The molecule has 0 saturated heterocycles. The van der Waals surface area contributed by atoms with Crippen LogP contribution in [-0.4, -0.2) is 17.4 Å². The van der Waals surface area contributed by atoms with E-state index in [1.807, 2.05) is 6.07 Å². The number of nitrogens with zero attached hydrogens (tertiary/aromatic N) is 1. The normalized spacial score (nSPS) is 10.2. The lowest BCUT2D eigenvalue weighted by Crippen LogP contribution is -2.16. The molecule has 0 aliphatic rings. The summed E-state index contributed by atoms with van der Waals surface area (Å²) in [7, 11) is 0. The van der Waals surface area contributed by atoms with Gasteiger partial charge in [-0.1, -0.05) is 18.5 Å². The van der Waals surface area contributed by atoms with E-state index >= 15 is 0 Å². The molecule has 0 aliphatic heterocycles. The summed E-state index contributed by atoms with van der Waals surface area (Å²) in [5.41, 5.74) is 1.09. The van der Waals surface area contributed by atoms with E-state index in [2.05, 4.69) is 45.1 Å². The van der Waals surface area contributed by atoms with Crippen LogP contribution in [0.2, 0.25) is 5.02 Å². The number of carbonyl (C=O) groups excluding carboxylic acids is 1. The molecule has 1 aromatic heterocycles. The summed E-state index contributed by atoms with van der Waals surface area (Å²) in [5.74, 6) is 0.350. The van der Waals surface area contributed by atoms with Crippen molar-refractivity contribution in [1.29, 1.82) is 0 Å². The van der Waals surface area contributed by atoms with Crippen LogP contribution >= 0.6 is 34.2 Å². The fourth-order valence-corrected chi connectivity index (χ4v) is 2.66. The van der Waals surface area contributed by atoms with Gasteiger partial charge < -0.3 is 10.6 Å². The summed E-state index contributed by atoms with van der Waals surface area (Å²) in [4.78, 5) is 16.6. The molecule has 0 atom stereocenters. The van der Waals surface area contributed by atoms with Gasteiger partial charge in [-0.25, -0.2) is 4.98 Å². The molecule has 2 aromatic rings. The maximum absolute atomic E-state index is 12.4. The Kier molecular flexibility index (Phi) is 5.81. The van der Waals surface area contributed by atoms with E-state index in [0.29, 0.717) is 22.1 Å². The van der Waals surface area contributed by atoms with Gasteiger partial charge in [0.2, 0.25) is 0 Å². The van der Waals surface area contributed by atoms with Crippen LogP contribution < -0.4 is 10.6 Å². The topological polar surface area (TPSA) is 54.0 Å². The second-order valence-corrected chi connectivity index (χ2v) is 6.06. The molecule has 2 rings (SSSR count). The lowest BCUT2D eigenvalue weighted by atomic mass is 10.2. The predicted octanol–water partition coefficient (Wildman–Crippen LogP) is 4.41. The van der Waals surface area contributed by atoms with E-state index in [9.17, 15) is 4.79 Å². The summed E-state index contributed by atoms with van der Waals surface area (Å²) in [6.07, 6.45) is 2.62. The van der Waals surface area contributed by atoms with E-state index in [0.717, 1.165) is 16.5 Å². The van der Waals surface area contributed by atoms with Gasteiger partial charge in [-0.15, -0.1) is 0 Å². The molecule has 0 bridgehead atoms. The van der Waals surface area contributed by atoms with Gasteiger partial charge in [0, 0.05) is 16.3 Å². The lowest BCUT2D eigenvalue weighted by molar-refractivity contribution is 0.102. The SMILES string of the molecule is CCCNc1ncccc1C(=O)Nc1ccc(I)cc1Cl. The smallest absolute Gasteiger partial charge is 0.259 e. The molecule has 1 aromatic carbocycles. The van der Waals surface area contributed by atoms with Gasteiger partial charge in [0.15, 0.2) is 0 Å². The van der Waals surface area contributed by atoms with Crippen molar-refractivity contribution in [3.63, 3.8) is 0 Å². The largest absolute Gasteiger partial charge is 0.369 e. The molecule has 6 heteroatoms. The highest BCUT2D eigenvalue weighted by Gasteiger charge is 2.13. The first-order chi connectivity index (χ1) is 10.1. The number of amides is 1. The van der Waals surface area contributed by atoms with Gasteiger partial charge in [0.1, 0.15) is 5.82 Å². The molecule has 21 heavy (non-hydrogen) atoms. The van der Waals surface area contributed by atoms with Gasteiger partial charge >= 0.3 is 0 Å². The summed E-state index contributed by atoms with van der Waals surface area (Å²) in [5, 5.41) is 6.48. The van der Waals surface area contributed by atoms with Crippen molar-refractivity contribution in [2.24, 2.45) is 0 Å². The zero-order chi connectivity index (χ0) is 15.2. The van der Waals surface area contributed by atoms with Gasteiger partial charge in [-0.2, -0.15) is 0 Å². The van der Waals surface area contributed by atoms with Gasteiger partial charge in [0.25, 0.3) is 5.91 Å². The molecule has 0 spiro atoms. The number of rotatable bonds is 5. The third-order valence-corrected chi connectivity index (χ3v) is 3.76. The zero-order valence-corrected chi connectivity index (χ0v) is 14.4. The van der Waals surface area contributed by atoms with Crippen LogP contribution in [0.5, 0.6) is 0 Å². The Morgan fingerprint density at radius 3 is 2.90 bits per heavy atom. The number of hydrogen-bond donors (Lipinski definition) is 2. The molecule has 0 saturated carbocycles. The van der Waals surface area contributed by atoms with Crippen LogP contribution in [0, 0.1) is 3.57 Å². The fourth-order valence-electron chi connectivity index (χ4n) is 1.75. The van der Waals surface area contributed by atoms with E-state index in [4.69, 9.17) is 11.6 Å². The number of nitrogens with one attached hydrogen (secondary N) is 2. The highest BCUT2D eigenvalue weighted by Crippen LogP contribution is 2.25. The number of aromatic nitrogens is 1. The summed E-state index contributed by atoms with van der Waals surface area (Å²) >= 11 is 8.30. The molecule has 110 valence electrons. The van der Waals surface area contributed by atoms with Crippen molar-refractivity contribution >= 4 is 51.6 Å². The quantitative estimate of drug-likeness (QED) is 0.711. The van der Waals surface area contributed by atoms with Gasteiger partial charge in [-0.3, -0.25) is 4.79 Å². The molecule has 4 nitrogen and oxygen atoms in total. The second-order valence-electron chi connectivity index (χ2n) is 4.40. The minimum atomic E-state index is -0.232. The molecule has 0 unspecified atom stereocenters. The Bertz CT molecular complexity index is 649. The molecule has 1 amide bonds. The first-order valence-electron chi connectivity index (χ1n) is 6.57. The fraction of sp³-hybridized carbons (Fsp3) is 0.200. The monoisotopic (exact) mass is 415 g/mol. The minimum Gasteiger partial charge on any atom is -0.369 e. The van der Waals surface area contributed by atoms with Crippen LogP contribution in [0.15, 0.2) is 36.5 Å². The first-order valence-corrected chi connectivity index (χ1v) is 8.02. The Morgan fingerprint density at radius 1 is 1.38 bits per heavy atom. The Labute approximate surface area is 142 Å². The van der Waals surface area contributed by atoms with Gasteiger partial charge in [0.05, 0.1) is 16.3 Å². The first kappa shape index (κ1) is 16.0. The Balaban J connectivity index is 2.20. The van der Waals surface area contributed by atoms with Crippen LogP contribution in [-0.2, 0) is 0 Å². The van der Waals surface area contributed by atoms with E-state index in [1.165, 1.54) is 0 Å². The van der Waals surface area contributed by atoms with Crippen LogP contribution in [0.3, 0.4) is 0 Å². The van der Waals surface area contributed by atoms with Crippen LogP contribution in [0.4, 0.5) is 11.5 Å². The summed E-state index contributed by atoms with van der Waals surface area (Å²) < 4.78 is 1.02. The Morgan fingerprint density at radius 2 is 2.19 bits per heavy atom. The van der Waals surface area contributed by atoms with E-state index in [-0.39, 0.29) is 5.91 Å². The number of carbonyl (C=O) groups is 1. The minimum absolute atomic E-state index is 0.232. The third-order valence-electron chi connectivity index (χ3n) is 2.77. The molecular formula is C15H15ClIN3O. The summed E-state index contributed by atoms with van der Waals surface area (Å²) in [6.45, 7) is 2.82. The maximum Gasteiger partial charge on any atom is 0.259 e. The molecule has 0 aliphatic carbocycles. The number of pyridine rings is 1. The maximum atomic E-state index is 12.4. The molecule has 0 radical (unpaired) electrons. The molecule has 2 N–H and O–H groups in total.